The quantitative estimate of drug-likeness (QED) is 0.887. The molecular formula is C14H20N4O2. The maximum Gasteiger partial charge on any atom is 0.254 e. The Kier molecular flexibility index (Phi) is 4.68. The first kappa shape index (κ1) is 14.5. The Morgan fingerprint density at radius 3 is 2.60 bits per heavy atom. The SMILES string of the molecule is CCN1CCN(C(=O)c2ccnc(NC(C)=O)c2)CC1. The van der Waals surface area contributed by atoms with Gasteiger partial charge in [-0.15, -0.1) is 0 Å². The zero-order valence-corrected chi connectivity index (χ0v) is 11.9. The van der Waals surface area contributed by atoms with Gasteiger partial charge in [-0.05, 0) is 18.7 Å². The maximum absolute atomic E-state index is 12.4. The Bertz CT molecular complexity index is 496. The Morgan fingerprint density at radius 1 is 1.30 bits per heavy atom. The number of piperazine rings is 1. The molecule has 2 amide bonds. The number of amides is 2. The van der Waals surface area contributed by atoms with E-state index in [-0.39, 0.29) is 11.8 Å². The predicted molar refractivity (Wildman–Crippen MR) is 76.6 cm³/mol. The molecule has 0 radical (unpaired) electrons. The first-order chi connectivity index (χ1) is 9.60. The highest BCUT2D eigenvalue weighted by molar-refractivity contribution is 5.96. The van der Waals surface area contributed by atoms with Crippen LogP contribution in [-0.4, -0.2) is 59.3 Å². The van der Waals surface area contributed by atoms with E-state index in [2.05, 4.69) is 22.1 Å². The van der Waals surface area contributed by atoms with Crippen LogP contribution in [0, 0.1) is 0 Å². The second-order valence-corrected chi connectivity index (χ2v) is 4.84. The van der Waals surface area contributed by atoms with Gasteiger partial charge in [0.15, 0.2) is 0 Å². The van der Waals surface area contributed by atoms with Crippen LogP contribution in [0.4, 0.5) is 5.82 Å². The summed E-state index contributed by atoms with van der Waals surface area (Å²) in [5.41, 5.74) is 0.564. The summed E-state index contributed by atoms with van der Waals surface area (Å²) in [5.74, 6) is 0.212. The van der Waals surface area contributed by atoms with Gasteiger partial charge >= 0.3 is 0 Å². The fourth-order valence-electron chi connectivity index (χ4n) is 2.26. The third-order valence-electron chi connectivity index (χ3n) is 3.42. The zero-order chi connectivity index (χ0) is 14.5. The summed E-state index contributed by atoms with van der Waals surface area (Å²) in [6.45, 7) is 7.86. The first-order valence-electron chi connectivity index (χ1n) is 6.85. The number of hydrogen-bond acceptors (Lipinski definition) is 4. The molecule has 2 rings (SSSR count). The van der Waals surface area contributed by atoms with E-state index in [1.807, 2.05) is 4.90 Å². The molecule has 6 heteroatoms. The van der Waals surface area contributed by atoms with Gasteiger partial charge in [-0.1, -0.05) is 6.92 Å². The zero-order valence-electron chi connectivity index (χ0n) is 11.9. The highest BCUT2D eigenvalue weighted by atomic mass is 16.2. The highest BCUT2D eigenvalue weighted by Crippen LogP contribution is 2.12. The van der Waals surface area contributed by atoms with E-state index in [0.29, 0.717) is 11.4 Å². The lowest BCUT2D eigenvalue weighted by Crippen LogP contribution is -2.48. The second kappa shape index (κ2) is 6.47. The van der Waals surface area contributed by atoms with Crippen molar-refractivity contribution in [2.24, 2.45) is 0 Å². The molecule has 1 aliphatic heterocycles. The number of hydrogen-bond donors (Lipinski definition) is 1. The standard InChI is InChI=1S/C14H20N4O2/c1-3-17-6-8-18(9-7-17)14(20)12-4-5-15-13(10-12)16-11(2)19/h4-5,10H,3,6-9H2,1-2H3,(H,15,16,19). The van der Waals surface area contributed by atoms with Crippen LogP contribution >= 0.6 is 0 Å². The van der Waals surface area contributed by atoms with Crippen molar-refractivity contribution in [3.63, 3.8) is 0 Å². The first-order valence-corrected chi connectivity index (χ1v) is 6.85. The smallest absolute Gasteiger partial charge is 0.254 e. The molecule has 1 aliphatic rings. The molecular weight excluding hydrogens is 256 g/mol. The Labute approximate surface area is 118 Å². The van der Waals surface area contributed by atoms with Crippen LogP contribution in [0.1, 0.15) is 24.2 Å². The van der Waals surface area contributed by atoms with E-state index in [0.717, 1.165) is 32.7 Å². The average Bonchev–Trinajstić information content (AvgIpc) is 2.46. The molecule has 0 bridgehead atoms. The van der Waals surface area contributed by atoms with Crippen LogP contribution in [0.2, 0.25) is 0 Å². The number of carbonyl (C=O) groups excluding carboxylic acids is 2. The van der Waals surface area contributed by atoms with Gasteiger partial charge in [0.05, 0.1) is 0 Å². The van der Waals surface area contributed by atoms with Gasteiger partial charge in [-0.2, -0.15) is 0 Å². The molecule has 108 valence electrons. The lowest BCUT2D eigenvalue weighted by atomic mass is 10.2. The summed E-state index contributed by atoms with van der Waals surface area (Å²) in [7, 11) is 0. The van der Waals surface area contributed by atoms with E-state index in [1.54, 1.807) is 18.3 Å². The van der Waals surface area contributed by atoms with Crippen molar-refractivity contribution in [2.45, 2.75) is 13.8 Å². The normalized spacial score (nSPS) is 16.0. The van der Waals surface area contributed by atoms with Crippen molar-refractivity contribution >= 4 is 17.6 Å². The molecule has 1 aromatic rings. The van der Waals surface area contributed by atoms with Gasteiger partial charge in [0, 0.05) is 44.9 Å². The number of carbonyl (C=O) groups is 2. The van der Waals surface area contributed by atoms with Crippen molar-refractivity contribution in [2.75, 3.05) is 38.0 Å². The number of nitrogens with one attached hydrogen (secondary N) is 1. The molecule has 1 fully saturated rings. The van der Waals surface area contributed by atoms with Crippen LogP contribution in [-0.2, 0) is 4.79 Å². The van der Waals surface area contributed by atoms with Crippen LogP contribution in [0.25, 0.3) is 0 Å². The summed E-state index contributed by atoms with van der Waals surface area (Å²) in [4.78, 5) is 31.6. The molecule has 6 nitrogen and oxygen atoms in total. The van der Waals surface area contributed by atoms with Gasteiger partial charge in [-0.25, -0.2) is 4.98 Å². The Morgan fingerprint density at radius 2 is 2.00 bits per heavy atom. The van der Waals surface area contributed by atoms with Gasteiger partial charge in [0.1, 0.15) is 5.82 Å². The van der Waals surface area contributed by atoms with Gasteiger partial charge in [0.2, 0.25) is 5.91 Å². The minimum Gasteiger partial charge on any atom is -0.336 e. The van der Waals surface area contributed by atoms with E-state index >= 15 is 0 Å². The topological polar surface area (TPSA) is 65.5 Å². The molecule has 0 aromatic carbocycles. The van der Waals surface area contributed by atoms with E-state index < -0.39 is 0 Å². The molecule has 0 saturated carbocycles. The third-order valence-corrected chi connectivity index (χ3v) is 3.42. The summed E-state index contributed by atoms with van der Waals surface area (Å²) in [5, 5.41) is 2.59. The molecule has 0 aliphatic carbocycles. The van der Waals surface area contributed by atoms with E-state index in [4.69, 9.17) is 0 Å². The second-order valence-electron chi connectivity index (χ2n) is 4.84. The van der Waals surface area contributed by atoms with Crippen molar-refractivity contribution < 1.29 is 9.59 Å². The summed E-state index contributed by atoms with van der Waals surface area (Å²) in [6, 6.07) is 3.30. The minimum absolute atomic E-state index is 0.00486. The van der Waals surface area contributed by atoms with E-state index in [9.17, 15) is 9.59 Å². The third kappa shape index (κ3) is 3.54. The molecule has 0 atom stereocenters. The van der Waals surface area contributed by atoms with Crippen LogP contribution in [0.5, 0.6) is 0 Å². The van der Waals surface area contributed by atoms with Crippen molar-refractivity contribution in [3.05, 3.63) is 23.9 Å². The highest BCUT2D eigenvalue weighted by Gasteiger charge is 2.21. The molecule has 1 aromatic heterocycles. The van der Waals surface area contributed by atoms with Crippen molar-refractivity contribution in [1.82, 2.24) is 14.8 Å². The average molecular weight is 276 g/mol. The molecule has 0 unspecified atom stereocenters. The summed E-state index contributed by atoms with van der Waals surface area (Å²) < 4.78 is 0. The molecule has 1 saturated heterocycles. The largest absolute Gasteiger partial charge is 0.336 e. The number of likely N-dealkylation sites (N-methyl/N-ethyl adjacent to an activating group) is 1. The molecule has 20 heavy (non-hydrogen) atoms. The van der Waals surface area contributed by atoms with Crippen LogP contribution < -0.4 is 5.32 Å². The van der Waals surface area contributed by atoms with Crippen molar-refractivity contribution in [1.29, 1.82) is 0 Å². The number of rotatable bonds is 3. The fourth-order valence-corrected chi connectivity index (χ4v) is 2.26. The summed E-state index contributed by atoms with van der Waals surface area (Å²) in [6.07, 6.45) is 1.54. The lowest BCUT2D eigenvalue weighted by Gasteiger charge is -2.34. The fraction of sp³-hybridized carbons (Fsp3) is 0.500. The molecule has 1 N–H and O–H groups in total. The van der Waals surface area contributed by atoms with Gasteiger partial charge < -0.3 is 15.1 Å². The van der Waals surface area contributed by atoms with E-state index in [1.165, 1.54) is 6.92 Å². The summed E-state index contributed by atoms with van der Waals surface area (Å²) >= 11 is 0. The van der Waals surface area contributed by atoms with Gasteiger partial charge in [0.25, 0.3) is 5.91 Å². The van der Waals surface area contributed by atoms with Crippen LogP contribution in [0.15, 0.2) is 18.3 Å². The van der Waals surface area contributed by atoms with Crippen molar-refractivity contribution in [3.8, 4) is 0 Å². The number of aromatic nitrogens is 1. The number of anilines is 1. The predicted octanol–water partition coefficient (Wildman–Crippen LogP) is 0.818. The molecule has 2 heterocycles. The number of pyridine rings is 1. The number of nitrogens with zero attached hydrogens (tertiary/aromatic N) is 3. The monoisotopic (exact) mass is 276 g/mol. The molecule has 0 spiro atoms. The Balaban J connectivity index is 2.04. The van der Waals surface area contributed by atoms with Crippen LogP contribution in [0.3, 0.4) is 0 Å². The minimum atomic E-state index is -0.196. The van der Waals surface area contributed by atoms with Gasteiger partial charge in [-0.3, -0.25) is 9.59 Å². The lowest BCUT2D eigenvalue weighted by molar-refractivity contribution is -0.114. The maximum atomic E-state index is 12.4. The Hall–Kier alpha value is -1.95.